The Morgan fingerprint density at radius 3 is 2.74 bits per heavy atom. The maximum atomic E-state index is 11.8. The Kier molecular flexibility index (Phi) is 5.70. The molecule has 0 aliphatic carbocycles. The minimum Gasteiger partial charge on any atom is -0.481 e. The van der Waals surface area contributed by atoms with Gasteiger partial charge >= 0.3 is 0 Å². The average molecular weight is 283 g/mol. The second-order valence-corrected chi connectivity index (χ2v) is 4.68. The number of amides is 1. The van der Waals surface area contributed by atoms with Crippen LogP contribution in [0.2, 0.25) is 5.02 Å². The molecule has 0 spiro atoms. The lowest BCUT2D eigenvalue weighted by Gasteiger charge is -2.17. The zero-order valence-corrected chi connectivity index (χ0v) is 12.2. The van der Waals surface area contributed by atoms with Gasteiger partial charge in [0, 0.05) is 10.7 Å². The quantitative estimate of drug-likeness (QED) is 0.789. The van der Waals surface area contributed by atoms with Gasteiger partial charge in [-0.25, -0.2) is 0 Å². The number of carbonyl (C=O) groups excluding carboxylic acids is 1. The Morgan fingerprint density at radius 1 is 1.47 bits per heavy atom. The fourth-order valence-corrected chi connectivity index (χ4v) is 1.56. The molecule has 0 aromatic heterocycles. The lowest BCUT2D eigenvalue weighted by atomic mass is 10.2. The summed E-state index contributed by atoms with van der Waals surface area (Å²) in [5, 5.41) is 0.642. The van der Waals surface area contributed by atoms with Crippen LogP contribution >= 0.6 is 11.6 Å². The number of allylic oxidation sites excluding steroid dienone is 1. The molecule has 0 saturated carbocycles. The SMILES string of the molecule is C=C(CC)NNC(=O)[C@H](C)Oc1ccc(Cl)cc1C. The molecule has 4 nitrogen and oxygen atoms in total. The van der Waals surface area contributed by atoms with Gasteiger partial charge in [-0.3, -0.25) is 10.2 Å². The number of rotatable bonds is 6. The molecule has 104 valence electrons. The van der Waals surface area contributed by atoms with E-state index in [4.69, 9.17) is 16.3 Å². The van der Waals surface area contributed by atoms with Gasteiger partial charge in [-0.15, -0.1) is 0 Å². The highest BCUT2D eigenvalue weighted by atomic mass is 35.5. The summed E-state index contributed by atoms with van der Waals surface area (Å²) in [7, 11) is 0. The number of hydrogen-bond donors (Lipinski definition) is 2. The van der Waals surface area contributed by atoms with Crippen LogP contribution in [-0.2, 0) is 4.79 Å². The third-order valence-electron chi connectivity index (χ3n) is 2.60. The molecule has 1 atom stereocenters. The van der Waals surface area contributed by atoms with E-state index in [9.17, 15) is 4.79 Å². The number of hydrazine groups is 1. The number of carbonyl (C=O) groups is 1. The van der Waals surface area contributed by atoms with Crippen molar-refractivity contribution in [3.8, 4) is 5.75 Å². The summed E-state index contributed by atoms with van der Waals surface area (Å²) >= 11 is 5.86. The van der Waals surface area contributed by atoms with Gasteiger partial charge in [-0.1, -0.05) is 25.1 Å². The first-order chi connectivity index (χ1) is 8.93. The molecule has 5 heteroatoms. The van der Waals surface area contributed by atoms with Crippen LogP contribution in [0.3, 0.4) is 0 Å². The van der Waals surface area contributed by atoms with E-state index in [1.807, 2.05) is 13.8 Å². The maximum Gasteiger partial charge on any atom is 0.279 e. The minimum absolute atomic E-state index is 0.260. The monoisotopic (exact) mass is 282 g/mol. The van der Waals surface area contributed by atoms with E-state index in [-0.39, 0.29) is 5.91 Å². The number of hydrogen-bond acceptors (Lipinski definition) is 3. The molecule has 0 radical (unpaired) electrons. The molecular formula is C14H19ClN2O2. The molecule has 0 heterocycles. The molecule has 0 unspecified atom stereocenters. The Morgan fingerprint density at radius 2 is 2.16 bits per heavy atom. The Bertz CT molecular complexity index is 475. The number of aryl methyl sites for hydroxylation is 1. The fourth-order valence-electron chi connectivity index (χ4n) is 1.33. The molecule has 0 bridgehead atoms. The second kappa shape index (κ2) is 7.04. The van der Waals surface area contributed by atoms with Crippen LogP contribution in [0.5, 0.6) is 5.75 Å². The van der Waals surface area contributed by atoms with Gasteiger partial charge in [-0.2, -0.15) is 0 Å². The number of ether oxygens (including phenoxy) is 1. The zero-order valence-electron chi connectivity index (χ0n) is 11.4. The van der Waals surface area contributed by atoms with Gasteiger partial charge in [0.1, 0.15) is 5.75 Å². The molecule has 19 heavy (non-hydrogen) atoms. The second-order valence-electron chi connectivity index (χ2n) is 4.24. The normalized spacial score (nSPS) is 11.6. The first kappa shape index (κ1) is 15.4. The van der Waals surface area contributed by atoms with Crippen LogP contribution < -0.4 is 15.6 Å². The standard InChI is InChI=1S/C14H19ClN2O2/c1-5-10(3)16-17-14(18)11(4)19-13-7-6-12(15)8-9(13)2/h6-8,11,16H,3,5H2,1-2,4H3,(H,17,18)/t11-/m0/s1. The molecule has 2 N–H and O–H groups in total. The van der Waals surface area contributed by atoms with Crippen molar-refractivity contribution in [1.29, 1.82) is 0 Å². The maximum absolute atomic E-state index is 11.8. The molecule has 0 aliphatic heterocycles. The topological polar surface area (TPSA) is 50.4 Å². The first-order valence-corrected chi connectivity index (χ1v) is 6.48. The van der Waals surface area contributed by atoms with Gasteiger partial charge in [0.25, 0.3) is 5.91 Å². The van der Waals surface area contributed by atoms with Gasteiger partial charge in [0.05, 0.1) is 0 Å². The van der Waals surface area contributed by atoms with Crippen molar-refractivity contribution in [1.82, 2.24) is 10.9 Å². The van der Waals surface area contributed by atoms with Gasteiger partial charge in [-0.05, 0) is 44.0 Å². The van der Waals surface area contributed by atoms with E-state index in [1.165, 1.54) is 0 Å². The summed E-state index contributed by atoms with van der Waals surface area (Å²) in [5.74, 6) is 0.380. The van der Waals surface area contributed by atoms with E-state index in [1.54, 1.807) is 25.1 Å². The molecule has 0 fully saturated rings. The lowest BCUT2D eigenvalue weighted by molar-refractivity contribution is -0.128. The summed E-state index contributed by atoms with van der Waals surface area (Å²) in [6, 6.07) is 5.27. The predicted molar refractivity (Wildman–Crippen MR) is 77.0 cm³/mol. The largest absolute Gasteiger partial charge is 0.481 e. The number of nitrogens with one attached hydrogen (secondary N) is 2. The van der Waals surface area contributed by atoms with Crippen molar-refractivity contribution in [2.45, 2.75) is 33.3 Å². The van der Waals surface area contributed by atoms with E-state index in [0.29, 0.717) is 10.8 Å². The van der Waals surface area contributed by atoms with Crippen LogP contribution in [0.4, 0.5) is 0 Å². The van der Waals surface area contributed by atoms with E-state index in [2.05, 4.69) is 17.4 Å². The summed E-state index contributed by atoms with van der Waals surface area (Å²) in [5.41, 5.74) is 6.90. The van der Waals surface area contributed by atoms with E-state index in [0.717, 1.165) is 17.7 Å². The molecule has 1 aromatic rings. The van der Waals surface area contributed by atoms with Crippen molar-refractivity contribution in [3.05, 3.63) is 41.1 Å². The van der Waals surface area contributed by atoms with Crippen LogP contribution in [0.25, 0.3) is 0 Å². The molecule has 1 aromatic carbocycles. The number of halogens is 1. The summed E-state index contributed by atoms with van der Waals surface area (Å²) in [4.78, 5) is 11.8. The van der Waals surface area contributed by atoms with Crippen molar-refractivity contribution in [3.63, 3.8) is 0 Å². The fraction of sp³-hybridized carbons (Fsp3) is 0.357. The average Bonchev–Trinajstić information content (AvgIpc) is 2.38. The third kappa shape index (κ3) is 4.83. The summed E-state index contributed by atoms with van der Waals surface area (Å²) in [6.45, 7) is 9.23. The van der Waals surface area contributed by atoms with E-state index < -0.39 is 6.10 Å². The van der Waals surface area contributed by atoms with Crippen molar-refractivity contribution < 1.29 is 9.53 Å². The molecule has 0 aliphatic rings. The van der Waals surface area contributed by atoms with Gasteiger partial charge < -0.3 is 10.2 Å². The highest BCUT2D eigenvalue weighted by molar-refractivity contribution is 6.30. The molecule has 1 rings (SSSR count). The van der Waals surface area contributed by atoms with Crippen LogP contribution in [0.1, 0.15) is 25.8 Å². The Hall–Kier alpha value is -1.68. The van der Waals surface area contributed by atoms with Crippen LogP contribution in [-0.4, -0.2) is 12.0 Å². The molecule has 1 amide bonds. The van der Waals surface area contributed by atoms with Gasteiger partial charge in [0.15, 0.2) is 6.10 Å². The summed E-state index contributed by atoms with van der Waals surface area (Å²) < 4.78 is 5.59. The van der Waals surface area contributed by atoms with Gasteiger partial charge in [0.2, 0.25) is 0 Å². The van der Waals surface area contributed by atoms with Crippen molar-refractivity contribution in [2.75, 3.05) is 0 Å². The molecule has 0 saturated heterocycles. The first-order valence-electron chi connectivity index (χ1n) is 6.10. The number of benzene rings is 1. The minimum atomic E-state index is -0.614. The smallest absolute Gasteiger partial charge is 0.279 e. The highest BCUT2D eigenvalue weighted by Crippen LogP contribution is 2.22. The zero-order chi connectivity index (χ0) is 14.4. The molecular weight excluding hydrogens is 264 g/mol. The van der Waals surface area contributed by atoms with Crippen molar-refractivity contribution in [2.24, 2.45) is 0 Å². The predicted octanol–water partition coefficient (Wildman–Crippen LogP) is 2.96. The van der Waals surface area contributed by atoms with E-state index >= 15 is 0 Å². The summed E-state index contributed by atoms with van der Waals surface area (Å²) in [6.07, 6.45) is 0.128. The Labute approximate surface area is 118 Å². The third-order valence-corrected chi connectivity index (χ3v) is 2.83. The van der Waals surface area contributed by atoms with Crippen LogP contribution in [0, 0.1) is 6.92 Å². The van der Waals surface area contributed by atoms with Crippen molar-refractivity contribution >= 4 is 17.5 Å². The Balaban J connectivity index is 2.56. The highest BCUT2D eigenvalue weighted by Gasteiger charge is 2.15. The lowest BCUT2D eigenvalue weighted by Crippen LogP contribution is -2.43. The van der Waals surface area contributed by atoms with Crippen LogP contribution in [0.15, 0.2) is 30.5 Å².